The van der Waals surface area contributed by atoms with Crippen LogP contribution >= 0.6 is 0 Å². The molecule has 0 aromatic heterocycles. The van der Waals surface area contributed by atoms with Gasteiger partial charge in [-0.1, -0.05) is 54.6 Å². The van der Waals surface area contributed by atoms with Crippen LogP contribution in [0.5, 0.6) is 0 Å². The molecular weight excluding hydrogens is 518 g/mol. The molecule has 1 aliphatic heterocycles. The van der Waals surface area contributed by atoms with Crippen molar-refractivity contribution in [3.63, 3.8) is 0 Å². The van der Waals surface area contributed by atoms with Crippen molar-refractivity contribution in [2.24, 2.45) is 0 Å². The molecular formula is C33H43N3O5. The zero-order chi connectivity index (χ0) is 29.8. The molecule has 3 amide bonds. The number of alkyl carbamates (subject to hydrolysis) is 1. The van der Waals surface area contributed by atoms with E-state index < -0.39 is 29.2 Å². The standard InChI is InChI=1S/C33H43N3O5/c1-31(2,3)41-30(40)35-32(4,5)29(39)34-26(17-11-14-23-12-7-6-8-13-23)28(38)36-20-18-33(19-21-36)22-27(37)24-15-9-10-16-25(24)33/h6-10,12-13,15-16,26H,11,14,17-22H2,1-5H3,(H,34,39)(H,35,40). The summed E-state index contributed by atoms with van der Waals surface area (Å²) in [5, 5.41) is 5.57. The Kier molecular flexibility index (Phi) is 8.90. The first-order chi connectivity index (χ1) is 19.3. The first-order valence-corrected chi connectivity index (χ1v) is 14.6. The monoisotopic (exact) mass is 561 g/mol. The van der Waals surface area contributed by atoms with Crippen LogP contribution in [0.25, 0.3) is 0 Å². The lowest BCUT2D eigenvalue weighted by Gasteiger charge is -2.41. The number of benzene rings is 2. The Morgan fingerprint density at radius 3 is 2.24 bits per heavy atom. The van der Waals surface area contributed by atoms with Gasteiger partial charge >= 0.3 is 6.09 Å². The van der Waals surface area contributed by atoms with Crippen LogP contribution in [0.2, 0.25) is 0 Å². The number of ether oxygens (including phenoxy) is 1. The third-order valence-electron chi connectivity index (χ3n) is 8.12. The Bertz CT molecular complexity index is 1270. The van der Waals surface area contributed by atoms with E-state index in [0.29, 0.717) is 45.2 Å². The molecule has 2 N–H and O–H groups in total. The van der Waals surface area contributed by atoms with Gasteiger partial charge in [0.1, 0.15) is 17.2 Å². The number of nitrogens with one attached hydrogen (secondary N) is 2. The van der Waals surface area contributed by atoms with Gasteiger partial charge in [-0.3, -0.25) is 14.4 Å². The predicted octanol–water partition coefficient (Wildman–Crippen LogP) is 4.94. The van der Waals surface area contributed by atoms with Crippen LogP contribution in [-0.4, -0.2) is 58.9 Å². The van der Waals surface area contributed by atoms with Gasteiger partial charge in [-0.25, -0.2) is 4.79 Å². The Balaban J connectivity index is 1.44. The molecule has 0 radical (unpaired) electrons. The minimum Gasteiger partial charge on any atom is -0.444 e. The summed E-state index contributed by atoms with van der Waals surface area (Å²) in [5.74, 6) is -0.414. The van der Waals surface area contributed by atoms with E-state index in [1.165, 1.54) is 5.56 Å². The summed E-state index contributed by atoms with van der Waals surface area (Å²) in [6.45, 7) is 9.49. The average molecular weight is 562 g/mol. The number of carbonyl (C=O) groups excluding carboxylic acids is 4. The highest BCUT2D eigenvalue weighted by Crippen LogP contribution is 2.46. The number of ketones is 1. The van der Waals surface area contributed by atoms with Crippen LogP contribution in [0.3, 0.4) is 0 Å². The molecule has 1 saturated heterocycles. The molecule has 1 spiro atoms. The number of Topliss-reactive ketones (excluding diaryl/α,β-unsaturated/α-hetero) is 1. The largest absolute Gasteiger partial charge is 0.444 e. The van der Waals surface area contributed by atoms with Crippen molar-refractivity contribution in [3.8, 4) is 0 Å². The van der Waals surface area contributed by atoms with E-state index in [1.54, 1.807) is 34.6 Å². The third kappa shape index (κ3) is 7.34. The number of carbonyl (C=O) groups is 4. The number of fused-ring (bicyclic) bond motifs is 2. The molecule has 0 saturated carbocycles. The number of aryl methyl sites for hydroxylation is 1. The summed E-state index contributed by atoms with van der Waals surface area (Å²) in [6.07, 6.45) is 3.15. The molecule has 0 bridgehead atoms. The fourth-order valence-corrected chi connectivity index (χ4v) is 5.87. The van der Waals surface area contributed by atoms with Crippen molar-refractivity contribution in [2.45, 2.75) is 95.7 Å². The van der Waals surface area contributed by atoms with Crippen LogP contribution in [0.1, 0.15) is 88.2 Å². The van der Waals surface area contributed by atoms with Crippen molar-refractivity contribution in [2.75, 3.05) is 13.1 Å². The first kappa shape index (κ1) is 30.3. The van der Waals surface area contributed by atoms with Crippen LogP contribution in [0.4, 0.5) is 4.79 Å². The molecule has 1 fully saturated rings. The summed E-state index contributed by atoms with van der Waals surface area (Å²) in [5.41, 5.74) is 0.845. The van der Waals surface area contributed by atoms with Gasteiger partial charge in [-0.2, -0.15) is 0 Å². The Morgan fingerprint density at radius 1 is 0.951 bits per heavy atom. The zero-order valence-electron chi connectivity index (χ0n) is 24.9. The molecule has 1 aliphatic carbocycles. The third-order valence-corrected chi connectivity index (χ3v) is 8.12. The second-order valence-electron chi connectivity index (χ2n) is 12.9. The van der Waals surface area contributed by atoms with Gasteiger partial charge in [0, 0.05) is 30.5 Å². The van der Waals surface area contributed by atoms with Gasteiger partial charge in [-0.05, 0) is 77.8 Å². The number of hydrogen-bond acceptors (Lipinski definition) is 5. The topological polar surface area (TPSA) is 105 Å². The van der Waals surface area contributed by atoms with Crippen LogP contribution < -0.4 is 10.6 Å². The van der Waals surface area contributed by atoms with Crippen molar-refractivity contribution in [3.05, 3.63) is 71.3 Å². The first-order valence-electron chi connectivity index (χ1n) is 14.6. The minimum absolute atomic E-state index is 0.132. The molecule has 220 valence electrons. The van der Waals surface area contributed by atoms with Crippen molar-refractivity contribution in [1.82, 2.24) is 15.5 Å². The number of nitrogens with zero attached hydrogens (tertiary/aromatic N) is 1. The summed E-state index contributed by atoms with van der Waals surface area (Å²) in [7, 11) is 0. The number of amides is 3. The molecule has 1 heterocycles. The molecule has 8 heteroatoms. The minimum atomic E-state index is -1.29. The SMILES string of the molecule is CC(C)(C)OC(=O)NC(C)(C)C(=O)NC(CCCc1ccccc1)C(=O)N1CCC2(CC1)CC(=O)c1ccccc12. The lowest BCUT2D eigenvalue weighted by molar-refractivity contribution is -0.139. The second kappa shape index (κ2) is 12.0. The van der Waals surface area contributed by atoms with Crippen molar-refractivity contribution >= 4 is 23.7 Å². The molecule has 2 aromatic rings. The number of likely N-dealkylation sites (tertiary alicyclic amines) is 1. The van der Waals surface area contributed by atoms with E-state index in [9.17, 15) is 19.2 Å². The van der Waals surface area contributed by atoms with Gasteiger partial charge in [0.2, 0.25) is 11.8 Å². The summed E-state index contributed by atoms with van der Waals surface area (Å²) in [4.78, 5) is 54.2. The normalized spacial score (nSPS) is 17.1. The van der Waals surface area contributed by atoms with Gasteiger partial charge in [-0.15, -0.1) is 0 Å². The van der Waals surface area contributed by atoms with Gasteiger partial charge in [0.15, 0.2) is 5.78 Å². The lowest BCUT2D eigenvalue weighted by Crippen LogP contribution is -2.60. The molecule has 2 aliphatic rings. The number of rotatable bonds is 8. The molecule has 4 rings (SSSR count). The van der Waals surface area contributed by atoms with E-state index in [0.717, 1.165) is 17.5 Å². The predicted molar refractivity (Wildman–Crippen MR) is 158 cm³/mol. The maximum atomic E-state index is 13.9. The average Bonchev–Trinajstić information content (AvgIpc) is 3.18. The van der Waals surface area contributed by atoms with Crippen molar-refractivity contribution in [1.29, 1.82) is 0 Å². The molecule has 2 aromatic carbocycles. The maximum absolute atomic E-state index is 13.9. The Labute approximate surface area is 243 Å². The van der Waals surface area contributed by atoms with Crippen molar-refractivity contribution < 1.29 is 23.9 Å². The quantitative estimate of drug-likeness (QED) is 0.475. The van der Waals surface area contributed by atoms with E-state index in [-0.39, 0.29) is 17.1 Å². The molecule has 1 unspecified atom stereocenters. The van der Waals surface area contributed by atoms with E-state index in [1.807, 2.05) is 59.5 Å². The highest BCUT2D eigenvalue weighted by Gasteiger charge is 2.46. The number of hydrogen-bond donors (Lipinski definition) is 2. The van der Waals surface area contributed by atoms with E-state index in [4.69, 9.17) is 4.74 Å². The van der Waals surface area contributed by atoms with Crippen LogP contribution in [0, 0.1) is 0 Å². The number of piperidine rings is 1. The summed E-state index contributed by atoms with van der Waals surface area (Å²) in [6, 6.07) is 17.1. The van der Waals surface area contributed by atoms with E-state index in [2.05, 4.69) is 10.6 Å². The fourth-order valence-electron chi connectivity index (χ4n) is 5.87. The van der Waals surface area contributed by atoms with Gasteiger partial charge in [0.05, 0.1) is 0 Å². The molecule has 41 heavy (non-hydrogen) atoms. The van der Waals surface area contributed by atoms with E-state index >= 15 is 0 Å². The Hall–Kier alpha value is -3.68. The fraction of sp³-hybridized carbons (Fsp3) is 0.515. The van der Waals surface area contributed by atoms with Gasteiger partial charge < -0.3 is 20.3 Å². The summed E-state index contributed by atoms with van der Waals surface area (Å²) >= 11 is 0. The van der Waals surface area contributed by atoms with Crippen LogP contribution in [-0.2, 0) is 26.2 Å². The van der Waals surface area contributed by atoms with Gasteiger partial charge in [0.25, 0.3) is 0 Å². The summed E-state index contributed by atoms with van der Waals surface area (Å²) < 4.78 is 5.33. The van der Waals surface area contributed by atoms with Crippen LogP contribution in [0.15, 0.2) is 54.6 Å². The Morgan fingerprint density at radius 2 is 1.59 bits per heavy atom. The highest BCUT2D eigenvalue weighted by atomic mass is 16.6. The molecule has 8 nitrogen and oxygen atoms in total. The molecule has 1 atom stereocenters. The zero-order valence-corrected chi connectivity index (χ0v) is 24.9. The highest BCUT2D eigenvalue weighted by molar-refractivity contribution is 6.02. The maximum Gasteiger partial charge on any atom is 0.408 e. The smallest absolute Gasteiger partial charge is 0.408 e. The second-order valence-corrected chi connectivity index (χ2v) is 12.9. The lowest BCUT2D eigenvalue weighted by atomic mass is 9.73.